The first-order valence-electron chi connectivity index (χ1n) is 16.0. The molecular formula is C26H60O16Si4. The van der Waals surface area contributed by atoms with Crippen LogP contribution in [0.2, 0.25) is 50.4 Å². The van der Waals surface area contributed by atoms with Crippen LogP contribution in [0.1, 0.15) is 25.7 Å². The van der Waals surface area contributed by atoms with Crippen molar-refractivity contribution in [3.8, 4) is 0 Å². The summed E-state index contributed by atoms with van der Waals surface area (Å²) in [6.07, 6.45) is -2.75. The fraction of sp³-hybridized carbons (Fsp3) is 1.00. The Morgan fingerprint density at radius 1 is 0.435 bits per heavy atom. The minimum absolute atomic E-state index is 0.0140. The first-order chi connectivity index (χ1) is 21.6. The van der Waals surface area contributed by atoms with Crippen molar-refractivity contribution in [1.82, 2.24) is 0 Å². The second-order valence-corrected chi connectivity index (χ2v) is 26.6. The zero-order chi connectivity index (χ0) is 34.7. The largest absolute Gasteiger partial charge is 0.416 e. The minimum Gasteiger partial charge on any atom is -0.416 e. The molecule has 46 heavy (non-hydrogen) atoms. The van der Waals surface area contributed by atoms with Crippen LogP contribution in [0.5, 0.6) is 0 Å². The lowest BCUT2D eigenvalue weighted by molar-refractivity contribution is -0.0947. The Labute approximate surface area is 277 Å². The SMILES string of the molecule is C[Si]1(CCCOCC(O)O)O[Si](C)(CCCOCC(O)O)O[Si](C)(CCCOCC(O)CO)O[Si](C)(CCCOCC(O)CO)O1. The molecule has 6 atom stereocenters. The molecule has 0 radical (unpaired) electrons. The smallest absolute Gasteiger partial charge is 0.317 e. The predicted molar refractivity (Wildman–Crippen MR) is 174 cm³/mol. The topological polar surface area (TPSA) is 236 Å². The van der Waals surface area contributed by atoms with Crippen molar-refractivity contribution in [2.45, 2.75) is 101 Å². The van der Waals surface area contributed by atoms with E-state index in [1.54, 1.807) is 0 Å². The van der Waals surface area contributed by atoms with Crippen LogP contribution in [0.3, 0.4) is 0 Å². The first kappa shape index (κ1) is 44.2. The van der Waals surface area contributed by atoms with Gasteiger partial charge in [-0.15, -0.1) is 0 Å². The zero-order valence-corrected chi connectivity index (χ0v) is 31.9. The van der Waals surface area contributed by atoms with E-state index in [-0.39, 0.29) is 52.9 Å². The second-order valence-electron chi connectivity index (χ2n) is 12.3. The van der Waals surface area contributed by atoms with Gasteiger partial charge in [-0.1, -0.05) is 0 Å². The van der Waals surface area contributed by atoms with Gasteiger partial charge in [0.1, 0.15) is 12.2 Å². The van der Waals surface area contributed by atoms with Crippen molar-refractivity contribution in [1.29, 1.82) is 0 Å². The van der Waals surface area contributed by atoms with Gasteiger partial charge < -0.3 is 76.3 Å². The standard InChI is InChI=1S/C26H60O16Si4/c1-43(13-5-9-35-19-23(29)17-27)39-44(2,14-6-10-36-20-24(30)18-28)41-46(4,16-8-12-38-22-26(33)34)42-45(3,40-43)15-7-11-37-21-25(31)32/h23-34H,5-22H2,1-4H3. The maximum Gasteiger partial charge on any atom is 0.317 e. The Morgan fingerprint density at radius 2 is 0.674 bits per heavy atom. The maximum absolute atomic E-state index is 9.60. The van der Waals surface area contributed by atoms with Crippen molar-refractivity contribution in [3.63, 3.8) is 0 Å². The van der Waals surface area contributed by atoms with Crippen molar-refractivity contribution >= 4 is 34.2 Å². The summed E-state index contributed by atoms with van der Waals surface area (Å²) >= 11 is 0. The third-order valence-electron chi connectivity index (χ3n) is 6.98. The van der Waals surface area contributed by atoms with E-state index >= 15 is 0 Å². The Morgan fingerprint density at radius 3 is 0.891 bits per heavy atom. The molecule has 0 aromatic heterocycles. The third kappa shape index (κ3) is 20.0. The third-order valence-corrected chi connectivity index (χ3v) is 25.8. The molecule has 0 aromatic rings. The summed E-state index contributed by atoms with van der Waals surface area (Å²) in [5, 5.41) is 73.8. The lowest BCUT2D eigenvalue weighted by Gasteiger charge is -2.50. The van der Waals surface area contributed by atoms with Crippen LogP contribution in [-0.4, -0.2) is 166 Å². The molecule has 0 spiro atoms. The summed E-state index contributed by atoms with van der Waals surface area (Å²) in [5.74, 6) is 0. The fourth-order valence-electron chi connectivity index (χ4n) is 5.22. The van der Waals surface area contributed by atoms with Crippen LogP contribution in [0.25, 0.3) is 0 Å². The van der Waals surface area contributed by atoms with E-state index in [9.17, 15) is 10.2 Å². The van der Waals surface area contributed by atoms with Crippen LogP contribution in [0.15, 0.2) is 0 Å². The normalized spacial score (nSPS) is 28.8. The molecule has 0 aromatic carbocycles. The van der Waals surface area contributed by atoms with Crippen LogP contribution in [0, 0.1) is 0 Å². The van der Waals surface area contributed by atoms with Gasteiger partial charge in [-0.2, -0.15) is 0 Å². The second kappa shape index (κ2) is 22.8. The van der Waals surface area contributed by atoms with Gasteiger partial charge in [0.15, 0.2) is 12.6 Å². The van der Waals surface area contributed by atoms with Crippen molar-refractivity contribution < 1.29 is 76.3 Å². The molecule has 1 aliphatic heterocycles. The Kier molecular flexibility index (Phi) is 22.0. The van der Waals surface area contributed by atoms with E-state index in [1.165, 1.54) is 0 Å². The molecule has 0 amide bonds. The van der Waals surface area contributed by atoms with Gasteiger partial charge >= 0.3 is 34.2 Å². The predicted octanol–water partition coefficient (Wildman–Crippen LogP) is -0.691. The molecule has 1 aliphatic rings. The molecule has 1 fully saturated rings. The highest BCUT2D eigenvalue weighted by Gasteiger charge is 2.56. The molecule has 0 saturated carbocycles. The van der Waals surface area contributed by atoms with E-state index in [2.05, 4.69) is 0 Å². The summed E-state index contributed by atoms with van der Waals surface area (Å²) in [6, 6.07) is 2.19. The van der Waals surface area contributed by atoms with E-state index in [4.69, 9.17) is 66.0 Å². The van der Waals surface area contributed by atoms with Crippen molar-refractivity contribution in [2.24, 2.45) is 0 Å². The van der Waals surface area contributed by atoms with Gasteiger partial charge in [-0.3, -0.25) is 0 Å². The van der Waals surface area contributed by atoms with Crippen molar-refractivity contribution in [2.75, 3.05) is 66.1 Å². The lowest BCUT2D eigenvalue weighted by Crippen LogP contribution is -2.67. The van der Waals surface area contributed by atoms with E-state index in [0.717, 1.165) is 0 Å². The van der Waals surface area contributed by atoms with Crippen LogP contribution < -0.4 is 0 Å². The fourth-order valence-corrected chi connectivity index (χ4v) is 28.4. The maximum atomic E-state index is 9.60. The summed E-state index contributed by atoms with van der Waals surface area (Å²) < 4.78 is 49.8. The zero-order valence-electron chi connectivity index (χ0n) is 27.9. The molecule has 0 bridgehead atoms. The average molecular weight is 741 g/mol. The molecule has 1 saturated heterocycles. The monoisotopic (exact) mass is 740 g/mol. The van der Waals surface area contributed by atoms with Gasteiger partial charge in [0.05, 0.1) is 39.6 Å². The van der Waals surface area contributed by atoms with Gasteiger partial charge in [0.25, 0.3) is 0 Å². The van der Waals surface area contributed by atoms with E-state index < -0.39 is 59.0 Å². The summed E-state index contributed by atoms with van der Waals surface area (Å²) in [6.45, 7) is 8.01. The number of hydrogen-bond donors (Lipinski definition) is 8. The number of aliphatic hydroxyl groups excluding tert-OH is 6. The van der Waals surface area contributed by atoms with Gasteiger partial charge in [-0.25, -0.2) is 0 Å². The van der Waals surface area contributed by atoms with Crippen LogP contribution in [-0.2, 0) is 35.4 Å². The summed E-state index contributed by atoms with van der Waals surface area (Å²) in [5.41, 5.74) is 0. The summed E-state index contributed by atoms with van der Waals surface area (Å²) in [7, 11) is -11.9. The molecule has 0 aliphatic carbocycles. The molecule has 276 valence electrons. The van der Waals surface area contributed by atoms with E-state index in [1.807, 2.05) is 26.2 Å². The molecular weight excluding hydrogens is 681 g/mol. The highest BCUT2D eigenvalue weighted by atomic mass is 28.5. The molecule has 6 unspecified atom stereocenters. The average Bonchev–Trinajstić information content (AvgIpc) is 2.94. The highest BCUT2D eigenvalue weighted by molar-refractivity contribution is 6.93. The van der Waals surface area contributed by atoms with Gasteiger partial charge in [0.2, 0.25) is 0 Å². The van der Waals surface area contributed by atoms with Crippen LogP contribution >= 0.6 is 0 Å². The number of hydrogen-bond acceptors (Lipinski definition) is 16. The quantitative estimate of drug-likeness (QED) is 0.0311. The number of rotatable bonds is 26. The van der Waals surface area contributed by atoms with Crippen LogP contribution in [0.4, 0.5) is 0 Å². The Hall–Kier alpha value is 0.228. The minimum atomic E-state index is -2.99. The molecule has 1 rings (SSSR count). The first-order valence-corrected chi connectivity index (χ1v) is 26.1. The lowest BCUT2D eigenvalue weighted by atomic mass is 10.4. The molecule has 1 heterocycles. The molecule has 20 heteroatoms. The molecule has 8 N–H and O–H groups in total. The molecule has 16 nitrogen and oxygen atoms in total. The summed E-state index contributed by atoms with van der Waals surface area (Å²) in [4.78, 5) is 0. The number of ether oxygens (including phenoxy) is 4. The Bertz CT molecular complexity index is 734. The van der Waals surface area contributed by atoms with Gasteiger partial charge in [0, 0.05) is 26.4 Å². The Balaban J connectivity index is 3.18. The highest BCUT2D eigenvalue weighted by Crippen LogP contribution is 2.38. The van der Waals surface area contributed by atoms with Crippen molar-refractivity contribution in [3.05, 3.63) is 0 Å². The number of aliphatic hydroxyl groups is 8. The van der Waals surface area contributed by atoms with E-state index in [0.29, 0.717) is 63.1 Å². The van der Waals surface area contributed by atoms with Gasteiger partial charge in [-0.05, 0) is 76.0 Å².